The number of nitrogens with one attached hydrogen (secondary N) is 7. The normalized spacial score (nSPS) is 26.2. The van der Waals surface area contributed by atoms with Gasteiger partial charge in [0.15, 0.2) is 11.7 Å². The highest BCUT2D eigenvalue weighted by atomic mass is 16.2. The van der Waals surface area contributed by atoms with Crippen molar-refractivity contribution in [2.75, 3.05) is 19.6 Å². The van der Waals surface area contributed by atoms with E-state index in [-0.39, 0.29) is 57.7 Å². The molecule has 3 aliphatic heterocycles. The number of aliphatic imine (C=N–C) groups is 1. The number of aromatic nitrogens is 1. The second-order valence-corrected chi connectivity index (χ2v) is 16.0. The third kappa shape index (κ3) is 8.27. The Bertz CT molecular complexity index is 2260. The second-order valence-electron chi connectivity index (χ2n) is 16.0. The van der Waals surface area contributed by atoms with Crippen molar-refractivity contribution in [2.24, 2.45) is 22.2 Å². The van der Waals surface area contributed by atoms with Gasteiger partial charge in [0.1, 0.15) is 36.0 Å². The van der Waals surface area contributed by atoms with Crippen molar-refractivity contribution in [2.45, 2.75) is 92.7 Å². The molecule has 2 unspecified atom stereocenters. The molecule has 0 spiro atoms. The van der Waals surface area contributed by atoms with Crippen LogP contribution in [0.1, 0.15) is 48.8 Å². The number of Topliss-reactive ketones (excluding diaryl/α,β-unsaturated/α-hetero) is 1. The molecule has 13 N–H and O–H groups in total. The number of aromatic amines is 1. The maximum Gasteiger partial charge on any atom is 0.325 e. The molecule has 7 amide bonds. The molecule has 1 aliphatic carbocycles. The van der Waals surface area contributed by atoms with Crippen molar-refractivity contribution < 1.29 is 38.4 Å². The van der Waals surface area contributed by atoms with Gasteiger partial charge in [0.05, 0.1) is 18.1 Å². The zero-order valence-electron chi connectivity index (χ0n) is 33.3. The summed E-state index contributed by atoms with van der Waals surface area (Å²) < 4.78 is 0. The van der Waals surface area contributed by atoms with Gasteiger partial charge in [-0.05, 0) is 55.0 Å². The fraction of sp³-hybridized carbons (Fsp3) is 0.439. The van der Waals surface area contributed by atoms with Gasteiger partial charge in [-0.25, -0.2) is 9.69 Å². The lowest BCUT2D eigenvalue weighted by Gasteiger charge is -2.56. The molecule has 6 atom stereocenters. The average Bonchev–Trinajstić information content (AvgIpc) is 3.90. The average molecular weight is 839 g/mol. The van der Waals surface area contributed by atoms with Gasteiger partial charge in [-0.3, -0.25) is 39.1 Å². The number of H-pyrrole nitrogens is 1. The molecular weight excluding hydrogens is 789 g/mol. The number of hydrogen-bond donors (Lipinski definition) is 10. The minimum Gasteiger partial charge on any atom is -0.370 e. The molecule has 0 bridgehead atoms. The van der Waals surface area contributed by atoms with Crippen LogP contribution in [0.2, 0.25) is 0 Å². The third-order valence-electron chi connectivity index (χ3n) is 12.2. The molecule has 20 heteroatoms. The number of carbonyl (C=O) groups is 8. The van der Waals surface area contributed by atoms with Crippen LogP contribution in [-0.4, -0.2) is 124 Å². The molecule has 3 aromatic rings. The van der Waals surface area contributed by atoms with E-state index in [1.165, 1.54) is 0 Å². The Morgan fingerprint density at radius 2 is 1.62 bits per heavy atom. The highest BCUT2D eigenvalue weighted by Crippen LogP contribution is 2.38. The molecule has 4 heterocycles. The van der Waals surface area contributed by atoms with Gasteiger partial charge in [0.25, 0.3) is 5.91 Å². The predicted octanol–water partition coefficient (Wildman–Crippen LogP) is -2.59. The number of rotatable bonds is 13. The summed E-state index contributed by atoms with van der Waals surface area (Å²) in [5.74, 6) is -4.24. The van der Waals surface area contributed by atoms with E-state index >= 15 is 0 Å². The summed E-state index contributed by atoms with van der Waals surface area (Å²) >= 11 is 0. The molecule has 0 radical (unpaired) electrons. The number of imide groups is 1. The summed E-state index contributed by atoms with van der Waals surface area (Å²) in [5.41, 5.74) is 17.0. The van der Waals surface area contributed by atoms with Crippen molar-refractivity contribution >= 4 is 64.5 Å². The molecular formula is C41H50N12O8. The van der Waals surface area contributed by atoms with Gasteiger partial charge >= 0.3 is 6.03 Å². The zero-order valence-corrected chi connectivity index (χ0v) is 33.3. The lowest BCUT2D eigenvalue weighted by Crippen LogP contribution is -2.86. The molecule has 3 saturated heterocycles. The number of hydrogen-bond acceptors (Lipinski definition) is 11. The summed E-state index contributed by atoms with van der Waals surface area (Å²) in [6, 6.07) is 7.92. The largest absolute Gasteiger partial charge is 0.370 e. The van der Waals surface area contributed by atoms with Crippen LogP contribution in [-0.2, 0) is 52.8 Å². The number of primary amides is 1. The standard InChI is InChI=1S/C41H50N12O8/c42-33(56)27-11-5-6-13-48-41(12-14-46-38(43)44)31(52-32(41)35(58)50-28(34(57)49-27)17-24-21-47-26-10-4-3-9-25(24)26)30(55)18-29-36(59)53(39(61)51-29)40(37(60)45-15-16-54)19-22-7-1-2-8-23(22)20-40/h1-4,7-10,16,21,27-29,31-32,47-48,52H,5-6,11-15,17-20H2,(H2,42,56)(H,45,60)(H,49,57)(H,50,58)(H,51,61)(H4,43,44,46)/t27-,28-,29-,31?,32+,41?/m0/s1. The number of amides is 7. The second kappa shape index (κ2) is 17.5. The van der Waals surface area contributed by atoms with E-state index in [2.05, 4.69) is 41.9 Å². The number of urea groups is 1. The summed E-state index contributed by atoms with van der Waals surface area (Å²) in [4.78, 5) is 116. The third-order valence-corrected chi connectivity index (χ3v) is 12.2. The van der Waals surface area contributed by atoms with E-state index in [0.717, 1.165) is 32.5 Å². The number of fused-ring (bicyclic) bond motifs is 3. The predicted molar refractivity (Wildman–Crippen MR) is 220 cm³/mol. The van der Waals surface area contributed by atoms with E-state index < -0.39 is 89.1 Å². The van der Waals surface area contributed by atoms with Gasteiger partial charge in [-0.15, -0.1) is 0 Å². The highest BCUT2D eigenvalue weighted by molar-refractivity contribution is 6.11. The van der Waals surface area contributed by atoms with E-state index in [9.17, 15) is 38.4 Å². The maximum atomic E-state index is 14.5. The Morgan fingerprint density at radius 1 is 0.902 bits per heavy atom. The molecule has 4 aliphatic rings. The molecule has 0 saturated carbocycles. The molecule has 322 valence electrons. The Balaban J connectivity index is 1.16. The van der Waals surface area contributed by atoms with Gasteiger partial charge in [-0.1, -0.05) is 42.5 Å². The first kappa shape index (κ1) is 42.5. The molecule has 3 fully saturated rings. The summed E-state index contributed by atoms with van der Waals surface area (Å²) in [7, 11) is 0. The van der Waals surface area contributed by atoms with Crippen LogP contribution in [0.15, 0.2) is 59.7 Å². The first-order chi connectivity index (χ1) is 29.3. The summed E-state index contributed by atoms with van der Waals surface area (Å²) in [5, 5.41) is 18.0. The van der Waals surface area contributed by atoms with Gasteiger partial charge in [0.2, 0.25) is 23.6 Å². The Labute approximate surface area is 349 Å². The number of para-hydroxylation sites is 1. The topological polar surface area (TPSA) is 318 Å². The van der Waals surface area contributed by atoms with Crippen molar-refractivity contribution in [3.63, 3.8) is 0 Å². The van der Waals surface area contributed by atoms with Crippen LogP contribution in [0.3, 0.4) is 0 Å². The van der Waals surface area contributed by atoms with Crippen LogP contribution in [0.25, 0.3) is 10.9 Å². The molecule has 61 heavy (non-hydrogen) atoms. The highest BCUT2D eigenvalue weighted by Gasteiger charge is 2.62. The van der Waals surface area contributed by atoms with Crippen LogP contribution in [0.4, 0.5) is 4.79 Å². The van der Waals surface area contributed by atoms with E-state index in [4.69, 9.17) is 17.2 Å². The quantitative estimate of drug-likeness (QED) is 0.0367. The van der Waals surface area contributed by atoms with E-state index in [1.807, 2.05) is 24.3 Å². The van der Waals surface area contributed by atoms with Crippen LogP contribution >= 0.6 is 0 Å². The smallest absolute Gasteiger partial charge is 0.325 e. The summed E-state index contributed by atoms with van der Waals surface area (Å²) in [6.07, 6.45) is 2.91. The Hall–Kier alpha value is -6.67. The first-order valence-corrected chi connectivity index (χ1v) is 20.3. The van der Waals surface area contributed by atoms with Crippen molar-refractivity contribution in [1.29, 1.82) is 0 Å². The van der Waals surface area contributed by atoms with Gasteiger partial charge < -0.3 is 53.6 Å². The van der Waals surface area contributed by atoms with Crippen LogP contribution in [0, 0.1) is 0 Å². The fourth-order valence-electron chi connectivity index (χ4n) is 9.22. The minimum atomic E-state index is -1.69. The number of benzene rings is 2. The minimum absolute atomic E-state index is 0.00595. The number of guanidine groups is 1. The molecule has 20 nitrogen and oxygen atoms in total. The monoisotopic (exact) mass is 838 g/mol. The molecule has 1 aromatic heterocycles. The van der Waals surface area contributed by atoms with E-state index in [1.54, 1.807) is 30.5 Å². The SMILES string of the molecule is NC(=O)[C@@H]1CCCCNC2(CCN=C(N)N)C(C(=O)C[C@@H]3NC(=O)N(C4(C(=O)NCC=O)Cc5ccccc5C4)C3=O)N[C@@H]2C(=O)N[C@@H](Cc2c[nH]c3ccccc23)C(=O)N1. The van der Waals surface area contributed by atoms with Gasteiger partial charge in [0, 0.05) is 49.3 Å². The fourth-order valence-corrected chi connectivity index (χ4v) is 9.22. The Kier molecular flexibility index (Phi) is 12.2. The molecule has 7 rings (SSSR count). The lowest BCUT2D eigenvalue weighted by molar-refractivity contribution is -0.144. The van der Waals surface area contributed by atoms with Crippen LogP contribution < -0.4 is 49.1 Å². The number of ketones is 1. The van der Waals surface area contributed by atoms with Crippen LogP contribution in [0.5, 0.6) is 0 Å². The van der Waals surface area contributed by atoms with Crippen molar-refractivity contribution in [3.05, 3.63) is 71.4 Å². The summed E-state index contributed by atoms with van der Waals surface area (Å²) in [6.45, 7) is -0.0970. The lowest BCUT2D eigenvalue weighted by atomic mass is 9.68. The maximum absolute atomic E-state index is 14.5. The number of nitrogens with two attached hydrogens (primary N) is 3. The number of aldehydes is 1. The first-order valence-electron chi connectivity index (χ1n) is 20.3. The van der Waals surface area contributed by atoms with Crippen molar-refractivity contribution in [1.82, 2.24) is 41.8 Å². The molecule has 2 aromatic carbocycles. The number of nitrogens with zero attached hydrogens (tertiary/aromatic N) is 2. The Morgan fingerprint density at radius 3 is 2.33 bits per heavy atom. The zero-order chi connectivity index (χ0) is 43.5. The number of carbonyl (C=O) groups excluding carboxylic acids is 8. The van der Waals surface area contributed by atoms with Crippen molar-refractivity contribution in [3.8, 4) is 0 Å². The van der Waals surface area contributed by atoms with Gasteiger partial charge in [-0.2, -0.15) is 0 Å². The van der Waals surface area contributed by atoms with E-state index in [0.29, 0.717) is 19.1 Å².